The summed E-state index contributed by atoms with van der Waals surface area (Å²) in [6.07, 6.45) is 4.80. The molecule has 2 saturated heterocycles. The Balaban J connectivity index is 1.62. The number of methoxy groups -OCH3 is 1. The summed E-state index contributed by atoms with van der Waals surface area (Å²) in [4.78, 5) is 18.6. The van der Waals surface area contributed by atoms with Crippen LogP contribution in [0.5, 0.6) is 5.75 Å². The molecule has 1 aromatic heterocycles. The quantitative estimate of drug-likeness (QED) is 0.897. The molecule has 25 heavy (non-hydrogen) atoms. The second kappa shape index (κ2) is 7.13. The predicted molar refractivity (Wildman–Crippen MR) is 99.0 cm³/mol. The zero-order chi connectivity index (χ0) is 17.1. The van der Waals surface area contributed by atoms with Crippen LogP contribution in [-0.2, 0) is 0 Å². The van der Waals surface area contributed by atoms with Gasteiger partial charge in [0.25, 0.3) is 0 Å². The first-order valence-corrected chi connectivity index (χ1v) is 8.99. The van der Waals surface area contributed by atoms with Crippen molar-refractivity contribution in [2.45, 2.75) is 25.7 Å². The monoisotopic (exact) mass is 340 g/mol. The van der Waals surface area contributed by atoms with Gasteiger partial charge in [0.2, 0.25) is 17.8 Å². The van der Waals surface area contributed by atoms with Crippen molar-refractivity contribution in [1.29, 1.82) is 0 Å². The molecule has 2 aromatic rings. The van der Waals surface area contributed by atoms with E-state index in [2.05, 4.69) is 25.1 Å². The normalized spacial score (nSPS) is 17.2. The van der Waals surface area contributed by atoms with Crippen molar-refractivity contribution in [2.75, 3.05) is 48.4 Å². The number of aromatic nitrogens is 3. The van der Waals surface area contributed by atoms with E-state index in [0.29, 0.717) is 5.95 Å². The molecule has 2 aliphatic heterocycles. The van der Waals surface area contributed by atoms with Crippen molar-refractivity contribution in [1.82, 2.24) is 15.0 Å². The summed E-state index contributed by atoms with van der Waals surface area (Å²) in [5.74, 6) is 3.00. The van der Waals surface area contributed by atoms with E-state index in [-0.39, 0.29) is 0 Å². The van der Waals surface area contributed by atoms with Crippen LogP contribution in [-0.4, -0.2) is 48.2 Å². The van der Waals surface area contributed by atoms with Gasteiger partial charge in [0.05, 0.1) is 7.11 Å². The highest BCUT2D eigenvalue weighted by molar-refractivity contribution is 5.57. The SMILES string of the molecule is COc1ccc(Nc2nc(N3CCCC3)nc(N3CCCC3)n2)cc1. The summed E-state index contributed by atoms with van der Waals surface area (Å²) >= 11 is 0. The maximum Gasteiger partial charge on any atom is 0.233 e. The van der Waals surface area contributed by atoms with E-state index in [9.17, 15) is 0 Å². The lowest BCUT2D eigenvalue weighted by Gasteiger charge is -2.20. The van der Waals surface area contributed by atoms with Crippen LogP contribution in [0.15, 0.2) is 24.3 Å². The van der Waals surface area contributed by atoms with Crippen molar-refractivity contribution in [2.24, 2.45) is 0 Å². The van der Waals surface area contributed by atoms with E-state index in [1.165, 1.54) is 25.7 Å². The fourth-order valence-electron chi connectivity index (χ4n) is 3.33. The van der Waals surface area contributed by atoms with Crippen LogP contribution in [0.25, 0.3) is 0 Å². The lowest BCUT2D eigenvalue weighted by atomic mass is 10.3. The summed E-state index contributed by atoms with van der Waals surface area (Å²) in [6.45, 7) is 4.08. The molecular formula is C18H24N6O. The first-order valence-electron chi connectivity index (χ1n) is 8.99. The highest BCUT2D eigenvalue weighted by atomic mass is 16.5. The van der Waals surface area contributed by atoms with Gasteiger partial charge in [-0.05, 0) is 49.9 Å². The molecule has 0 aliphatic carbocycles. The summed E-state index contributed by atoms with van der Waals surface area (Å²) in [6, 6.07) is 7.78. The van der Waals surface area contributed by atoms with E-state index < -0.39 is 0 Å². The minimum atomic E-state index is 0.601. The molecular weight excluding hydrogens is 316 g/mol. The Bertz CT molecular complexity index is 674. The third kappa shape index (κ3) is 3.60. The number of anilines is 4. The Morgan fingerprint density at radius 1 is 0.800 bits per heavy atom. The number of nitrogens with one attached hydrogen (secondary N) is 1. The maximum atomic E-state index is 5.21. The van der Waals surface area contributed by atoms with Crippen LogP contribution in [0.1, 0.15) is 25.7 Å². The van der Waals surface area contributed by atoms with Crippen molar-refractivity contribution in [3.05, 3.63) is 24.3 Å². The first-order chi connectivity index (χ1) is 12.3. The Morgan fingerprint density at radius 2 is 1.32 bits per heavy atom. The van der Waals surface area contributed by atoms with E-state index in [1.54, 1.807) is 7.11 Å². The van der Waals surface area contributed by atoms with E-state index in [0.717, 1.165) is 49.5 Å². The van der Waals surface area contributed by atoms with Crippen LogP contribution in [0.4, 0.5) is 23.5 Å². The Hall–Kier alpha value is -2.57. The molecule has 2 fully saturated rings. The molecule has 0 radical (unpaired) electrons. The molecule has 1 aromatic carbocycles. The van der Waals surface area contributed by atoms with Gasteiger partial charge >= 0.3 is 0 Å². The van der Waals surface area contributed by atoms with Gasteiger partial charge in [-0.1, -0.05) is 0 Å². The molecule has 7 nitrogen and oxygen atoms in total. The first kappa shape index (κ1) is 15.9. The zero-order valence-electron chi connectivity index (χ0n) is 14.6. The predicted octanol–water partition coefficient (Wildman–Crippen LogP) is 2.82. The van der Waals surface area contributed by atoms with Gasteiger partial charge in [0.1, 0.15) is 5.75 Å². The average Bonchev–Trinajstić information content (AvgIpc) is 3.36. The fourth-order valence-corrected chi connectivity index (χ4v) is 3.33. The van der Waals surface area contributed by atoms with Gasteiger partial charge in [0, 0.05) is 31.9 Å². The van der Waals surface area contributed by atoms with Crippen molar-refractivity contribution in [3.63, 3.8) is 0 Å². The van der Waals surface area contributed by atoms with Crippen LogP contribution in [0.3, 0.4) is 0 Å². The second-order valence-corrected chi connectivity index (χ2v) is 6.50. The minimum absolute atomic E-state index is 0.601. The number of hydrogen-bond acceptors (Lipinski definition) is 7. The topological polar surface area (TPSA) is 66.4 Å². The zero-order valence-corrected chi connectivity index (χ0v) is 14.6. The van der Waals surface area contributed by atoms with Gasteiger partial charge in [-0.15, -0.1) is 0 Å². The second-order valence-electron chi connectivity index (χ2n) is 6.50. The molecule has 132 valence electrons. The molecule has 7 heteroatoms. The fraction of sp³-hybridized carbons (Fsp3) is 0.500. The average molecular weight is 340 g/mol. The van der Waals surface area contributed by atoms with Crippen LogP contribution in [0, 0.1) is 0 Å². The Morgan fingerprint density at radius 3 is 1.80 bits per heavy atom. The molecule has 0 bridgehead atoms. The minimum Gasteiger partial charge on any atom is -0.497 e. The van der Waals surface area contributed by atoms with E-state index >= 15 is 0 Å². The van der Waals surface area contributed by atoms with Crippen molar-refractivity contribution < 1.29 is 4.74 Å². The van der Waals surface area contributed by atoms with Gasteiger partial charge in [-0.3, -0.25) is 0 Å². The molecule has 1 N–H and O–H groups in total. The van der Waals surface area contributed by atoms with E-state index in [4.69, 9.17) is 9.72 Å². The summed E-state index contributed by atoms with van der Waals surface area (Å²) in [5.41, 5.74) is 0.937. The maximum absolute atomic E-state index is 5.21. The molecule has 0 amide bonds. The Kier molecular flexibility index (Phi) is 4.54. The summed E-state index contributed by atoms with van der Waals surface area (Å²) < 4.78 is 5.21. The number of benzene rings is 1. The lowest BCUT2D eigenvalue weighted by Crippen LogP contribution is -2.25. The molecule has 0 spiro atoms. The van der Waals surface area contributed by atoms with Crippen molar-refractivity contribution >= 4 is 23.5 Å². The molecule has 0 atom stereocenters. The third-order valence-corrected chi connectivity index (χ3v) is 4.74. The largest absolute Gasteiger partial charge is 0.497 e. The molecule has 2 aliphatic rings. The highest BCUT2D eigenvalue weighted by Crippen LogP contribution is 2.24. The highest BCUT2D eigenvalue weighted by Gasteiger charge is 2.21. The summed E-state index contributed by atoms with van der Waals surface area (Å²) in [7, 11) is 1.67. The number of hydrogen-bond donors (Lipinski definition) is 1. The lowest BCUT2D eigenvalue weighted by molar-refractivity contribution is 0.415. The number of rotatable bonds is 5. The number of nitrogens with zero attached hydrogens (tertiary/aromatic N) is 5. The molecule has 0 unspecified atom stereocenters. The smallest absolute Gasteiger partial charge is 0.233 e. The third-order valence-electron chi connectivity index (χ3n) is 4.74. The van der Waals surface area contributed by atoms with Crippen LogP contribution in [0.2, 0.25) is 0 Å². The van der Waals surface area contributed by atoms with E-state index in [1.807, 2.05) is 24.3 Å². The Labute approximate surface area is 148 Å². The van der Waals surface area contributed by atoms with Gasteiger partial charge in [-0.2, -0.15) is 15.0 Å². The van der Waals surface area contributed by atoms with Gasteiger partial charge in [0.15, 0.2) is 0 Å². The summed E-state index contributed by atoms with van der Waals surface area (Å²) in [5, 5.41) is 3.31. The van der Waals surface area contributed by atoms with Gasteiger partial charge in [-0.25, -0.2) is 0 Å². The van der Waals surface area contributed by atoms with Gasteiger partial charge < -0.3 is 19.9 Å². The van der Waals surface area contributed by atoms with Crippen molar-refractivity contribution in [3.8, 4) is 5.75 Å². The molecule has 3 heterocycles. The standard InChI is InChI=1S/C18H24N6O/c1-25-15-8-6-14(7-9-15)19-16-20-17(23-10-2-3-11-23)22-18(21-16)24-12-4-5-13-24/h6-9H,2-5,10-13H2,1H3,(H,19,20,21,22). The number of ether oxygens (including phenoxy) is 1. The molecule has 4 rings (SSSR count). The van der Waals surface area contributed by atoms with Crippen LogP contribution < -0.4 is 19.9 Å². The van der Waals surface area contributed by atoms with Crippen LogP contribution >= 0.6 is 0 Å². The molecule has 0 saturated carbocycles.